The van der Waals surface area contributed by atoms with Gasteiger partial charge in [-0.3, -0.25) is 4.79 Å². The molecule has 1 rings (SSSR count). The SMILES string of the molecule is COC(C)(C)C(=O)Nc1cnc(Cl)cn1. The highest BCUT2D eigenvalue weighted by atomic mass is 35.5. The number of ether oxygens (including phenoxy) is 1. The van der Waals surface area contributed by atoms with Crippen LogP contribution in [0, 0.1) is 0 Å². The Morgan fingerprint density at radius 2 is 2.13 bits per heavy atom. The number of aromatic nitrogens is 2. The molecule has 1 amide bonds. The maximum atomic E-state index is 11.6. The Bertz CT molecular complexity index is 351. The van der Waals surface area contributed by atoms with Crippen molar-refractivity contribution in [1.82, 2.24) is 9.97 Å². The monoisotopic (exact) mass is 229 g/mol. The zero-order valence-electron chi connectivity index (χ0n) is 8.74. The molecule has 0 bridgehead atoms. The van der Waals surface area contributed by atoms with Crippen molar-refractivity contribution in [1.29, 1.82) is 0 Å². The molecule has 0 fully saturated rings. The molecule has 0 aliphatic heterocycles. The lowest BCUT2D eigenvalue weighted by molar-refractivity contribution is -0.133. The molecule has 0 aromatic carbocycles. The molecule has 0 radical (unpaired) electrons. The average molecular weight is 230 g/mol. The Kier molecular flexibility index (Phi) is 3.60. The Hall–Kier alpha value is -1.20. The Morgan fingerprint density at radius 1 is 1.47 bits per heavy atom. The standard InChI is InChI=1S/C9H12ClN3O2/c1-9(2,15-3)8(14)13-7-5-11-6(10)4-12-7/h4-5H,1-3H3,(H,12,13,14). The molecule has 1 aromatic heterocycles. The number of methoxy groups -OCH3 is 1. The lowest BCUT2D eigenvalue weighted by Crippen LogP contribution is -2.39. The first-order chi connectivity index (χ1) is 6.95. The van der Waals surface area contributed by atoms with Crippen LogP contribution in [0.25, 0.3) is 0 Å². The number of carbonyl (C=O) groups is 1. The quantitative estimate of drug-likeness (QED) is 0.853. The van der Waals surface area contributed by atoms with Crippen LogP contribution < -0.4 is 5.32 Å². The van der Waals surface area contributed by atoms with E-state index in [0.29, 0.717) is 5.82 Å². The maximum Gasteiger partial charge on any atom is 0.257 e. The van der Waals surface area contributed by atoms with Gasteiger partial charge in [0.15, 0.2) is 5.82 Å². The molecule has 0 aliphatic carbocycles. The van der Waals surface area contributed by atoms with Crippen molar-refractivity contribution in [2.75, 3.05) is 12.4 Å². The Labute approximate surface area is 92.8 Å². The summed E-state index contributed by atoms with van der Waals surface area (Å²) < 4.78 is 5.01. The summed E-state index contributed by atoms with van der Waals surface area (Å²) >= 11 is 5.55. The fourth-order valence-electron chi connectivity index (χ4n) is 0.736. The van der Waals surface area contributed by atoms with Gasteiger partial charge >= 0.3 is 0 Å². The Balaban J connectivity index is 2.71. The molecule has 0 atom stereocenters. The predicted octanol–water partition coefficient (Wildman–Crippen LogP) is 1.49. The lowest BCUT2D eigenvalue weighted by Gasteiger charge is -2.21. The third-order valence-corrected chi connectivity index (χ3v) is 2.11. The fraction of sp³-hybridized carbons (Fsp3) is 0.444. The number of rotatable bonds is 3. The van der Waals surface area contributed by atoms with E-state index < -0.39 is 5.60 Å². The number of halogens is 1. The van der Waals surface area contributed by atoms with Gasteiger partial charge in [0.2, 0.25) is 0 Å². The van der Waals surface area contributed by atoms with Crippen LogP contribution >= 0.6 is 11.6 Å². The van der Waals surface area contributed by atoms with Crippen molar-refractivity contribution in [3.05, 3.63) is 17.5 Å². The van der Waals surface area contributed by atoms with Crippen LogP contribution in [0.3, 0.4) is 0 Å². The highest BCUT2D eigenvalue weighted by molar-refractivity contribution is 6.29. The van der Waals surface area contributed by atoms with E-state index >= 15 is 0 Å². The molecule has 6 heteroatoms. The normalized spacial score (nSPS) is 11.2. The van der Waals surface area contributed by atoms with E-state index in [9.17, 15) is 4.79 Å². The molecule has 0 saturated heterocycles. The van der Waals surface area contributed by atoms with Crippen LogP contribution in [-0.4, -0.2) is 28.6 Å². The summed E-state index contributed by atoms with van der Waals surface area (Å²) in [5.41, 5.74) is -0.901. The molecule has 0 spiro atoms. The van der Waals surface area contributed by atoms with Crippen molar-refractivity contribution in [3.8, 4) is 0 Å². The van der Waals surface area contributed by atoms with Crippen LogP contribution in [0.5, 0.6) is 0 Å². The molecule has 82 valence electrons. The maximum absolute atomic E-state index is 11.6. The summed E-state index contributed by atoms with van der Waals surface area (Å²) in [6.45, 7) is 3.32. The minimum atomic E-state index is -0.901. The third kappa shape index (κ3) is 3.14. The predicted molar refractivity (Wildman–Crippen MR) is 56.8 cm³/mol. The molecule has 0 aliphatic rings. The summed E-state index contributed by atoms with van der Waals surface area (Å²) in [6.07, 6.45) is 2.74. The van der Waals surface area contributed by atoms with E-state index in [1.54, 1.807) is 13.8 Å². The van der Waals surface area contributed by atoms with E-state index in [4.69, 9.17) is 16.3 Å². The van der Waals surface area contributed by atoms with Gasteiger partial charge < -0.3 is 10.1 Å². The van der Waals surface area contributed by atoms with Crippen LogP contribution in [0.15, 0.2) is 12.4 Å². The zero-order chi connectivity index (χ0) is 11.5. The second kappa shape index (κ2) is 4.55. The summed E-state index contributed by atoms with van der Waals surface area (Å²) in [5.74, 6) is 0.0520. The molecule has 1 aromatic rings. The highest BCUT2D eigenvalue weighted by Gasteiger charge is 2.27. The van der Waals surface area contributed by atoms with Crippen LogP contribution in [-0.2, 0) is 9.53 Å². The summed E-state index contributed by atoms with van der Waals surface area (Å²) in [4.78, 5) is 19.3. The Morgan fingerprint density at radius 3 is 2.60 bits per heavy atom. The van der Waals surface area contributed by atoms with Crippen LogP contribution in [0.1, 0.15) is 13.8 Å². The number of amides is 1. The molecule has 1 N–H and O–H groups in total. The van der Waals surface area contributed by atoms with Gasteiger partial charge in [-0.2, -0.15) is 0 Å². The van der Waals surface area contributed by atoms with Gasteiger partial charge in [0, 0.05) is 7.11 Å². The minimum Gasteiger partial charge on any atom is -0.369 e. The van der Waals surface area contributed by atoms with Gasteiger partial charge in [-0.25, -0.2) is 9.97 Å². The second-order valence-corrected chi connectivity index (χ2v) is 3.78. The van der Waals surface area contributed by atoms with Gasteiger partial charge in [0.25, 0.3) is 5.91 Å². The van der Waals surface area contributed by atoms with Crippen molar-refractivity contribution in [3.63, 3.8) is 0 Å². The van der Waals surface area contributed by atoms with Gasteiger partial charge in [0.05, 0.1) is 12.4 Å². The smallest absolute Gasteiger partial charge is 0.257 e. The summed E-state index contributed by atoms with van der Waals surface area (Å²) in [7, 11) is 1.47. The second-order valence-electron chi connectivity index (χ2n) is 3.39. The molecule has 5 nitrogen and oxygen atoms in total. The highest BCUT2D eigenvalue weighted by Crippen LogP contribution is 2.11. The van der Waals surface area contributed by atoms with Crippen molar-refractivity contribution < 1.29 is 9.53 Å². The van der Waals surface area contributed by atoms with E-state index in [1.165, 1.54) is 19.5 Å². The zero-order valence-corrected chi connectivity index (χ0v) is 9.50. The number of nitrogens with zero attached hydrogens (tertiary/aromatic N) is 2. The number of hydrogen-bond donors (Lipinski definition) is 1. The molecular weight excluding hydrogens is 218 g/mol. The number of hydrogen-bond acceptors (Lipinski definition) is 4. The van der Waals surface area contributed by atoms with E-state index in [2.05, 4.69) is 15.3 Å². The first-order valence-electron chi connectivity index (χ1n) is 4.30. The number of nitrogens with one attached hydrogen (secondary N) is 1. The third-order valence-electron chi connectivity index (χ3n) is 1.92. The molecule has 0 saturated carbocycles. The molecule has 0 unspecified atom stereocenters. The van der Waals surface area contributed by atoms with Gasteiger partial charge in [-0.1, -0.05) is 11.6 Å². The first-order valence-corrected chi connectivity index (χ1v) is 4.67. The summed E-state index contributed by atoms with van der Waals surface area (Å²) in [5, 5.41) is 2.84. The average Bonchev–Trinajstić information content (AvgIpc) is 2.21. The van der Waals surface area contributed by atoms with E-state index in [1.807, 2.05) is 0 Å². The summed E-state index contributed by atoms with van der Waals surface area (Å²) in [6, 6.07) is 0. The van der Waals surface area contributed by atoms with Crippen molar-refractivity contribution >= 4 is 23.3 Å². The number of carbonyl (C=O) groups excluding carboxylic acids is 1. The van der Waals surface area contributed by atoms with Crippen LogP contribution in [0.4, 0.5) is 5.82 Å². The van der Waals surface area contributed by atoms with Crippen LogP contribution in [0.2, 0.25) is 5.15 Å². The topological polar surface area (TPSA) is 64.1 Å². The molecular formula is C9H12ClN3O2. The first kappa shape index (κ1) is 11.9. The van der Waals surface area contributed by atoms with Gasteiger partial charge in [-0.05, 0) is 13.8 Å². The minimum absolute atomic E-state index is 0.277. The van der Waals surface area contributed by atoms with Gasteiger partial charge in [0.1, 0.15) is 10.8 Å². The van der Waals surface area contributed by atoms with Crippen molar-refractivity contribution in [2.45, 2.75) is 19.4 Å². The lowest BCUT2D eigenvalue weighted by atomic mass is 10.1. The molecule has 15 heavy (non-hydrogen) atoms. The molecule has 1 heterocycles. The largest absolute Gasteiger partial charge is 0.369 e. The van der Waals surface area contributed by atoms with E-state index in [0.717, 1.165) is 0 Å². The van der Waals surface area contributed by atoms with E-state index in [-0.39, 0.29) is 11.1 Å². The fourth-order valence-corrected chi connectivity index (χ4v) is 0.834. The van der Waals surface area contributed by atoms with Gasteiger partial charge in [-0.15, -0.1) is 0 Å². The number of anilines is 1. The van der Waals surface area contributed by atoms with Crippen molar-refractivity contribution in [2.24, 2.45) is 0 Å².